The largest absolute Gasteiger partial charge is 0.496 e. The number of anilines is 1. The van der Waals surface area contributed by atoms with Gasteiger partial charge in [-0.15, -0.1) is 0 Å². The van der Waals surface area contributed by atoms with Gasteiger partial charge in [0.25, 0.3) is 0 Å². The van der Waals surface area contributed by atoms with Gasteiger partial charge in [-0.05, 0) is 30.7 Å². The molecule has 0 aliphatic heterocycles. The van der Waals surface area contributed by atoms with Crippen molar-refractivity contribution in [2.24, 2.45) is 7.05 Å². The van der Waals surface area contributed by atoms with Crippen LogP contribution in [0.2, 0.25) is 0 Å². The number of carbonyl (C=O) groups excluding carboxylic acids is 1. The molecule has 3 aromatic rings. The highest BCUT2D eigenvalue weighted by atomic mass is 16.5. The summed E-state index contributed by atoms with van der Waals surface area (Å²) in [5.41, 5.74) is 3.03. The molecule has 130 valence electrons. The van der Waals surface area contributed by atoms with Crippen molar-refractivity contribution in [1.29, 1.82) is 0 Å². The summed E-state index contributed by atoms with van der Waals surface area (Å²) in [5.74, 6) is 1.34. The van der Waals surface area contributed by atoms with E-state index < -0.39 is 0 Å². The summed E-state index contributed by atoms with van der Waals surface area (Å²) in [6, 6.07) is 11.6. The number of methoxy groups -OCH3 is 1. The molecule has 3 rings (SSSR count). The molecule has 2 N–H and O–H groups in total. The van der Waals surface area contributed by atoms with Gasteiger partial charge in [-0.3, -0.25) is 5.32 Å². The number of hydrogen-bond acceptors (Lipinski definition) is 3. The number of fused-ring (bicyclic) bond motifs is 1. The van der Waals surface area contributed by atoms with Crippen LogP contribution in [0.5, 0.6) is 5.75 Å². The molecule has 2 amide bonds. The predicted octanol–water partition coefficient (Wildman–Crippen LogP) is 3.78. The number of aromatic nitrogens is 2. The number of aryl methyl sites for hydroxylation is 1. The van der Waals surface area contributed by atoms with E-state index in [1.54, 1.807) is 13.3 Å². The minimum absolute atomic E-state index is 0.241. The monoisotopic (exact) mass is 338 g/mol. The summed E-state index contributed by atoms with van der Waals surface area (Å²) in [4.78, 5) is 16.1. The van der Waals surface area contributed by atoms with E-state index >= 15 is 0 Å². The lowest BCUT2D eigenvalue weighted by Crippen LogP contribution is -2.29. The standard InChI is InChI=1S/C19H22N4O2/c1-4-9-20-19(24)22-18-11-13-10-15(23(2)16(13)12-21-18)14-7-5-6-8-17(14)25-3/h5-8,10-12H,4,9H2,1-3H3,(H2,20,21,22,24). The maximum Gasteiger partial charge on any atom is 0.320 e. The van der Waals surface area contributed by atoms with Gasteiger partial charge in [0, 0.05) is 24.5 Å². The van der Waals surface area contributed by atoms with Gasteiger partial charge in [0.15, 0.2) is 0 Å². The lowest BCUT2D eigenvalue weighted by molar-refractivity contribution is 0.252. The average molecular weight is 338 g/mol. The topological polar surface area (TPSA) is 68.2 Å². The van der Waals surface area contributed by atoms with E-state index in [0.29, 0.717) is 12.4 Å². The fraction of sp³-hybridized carbons (Fsp3) is 0.263. The summed E-state index contributed by atoms with van der Waals surface area (Å²) >= 11 is 0. The highest BCUT2D eigenvalue weighted by Crippen LogP contribution is 2.33. The van der Waals surface area contributed by atoms with Crippen LogP contribution in [0.15, 0.2) is 42.6 Å². The number of rotatable bonds is 5. The van der Waals surface area contributed by atoms with Crippen molar-refractivity contribution in [2.45, 2.75) is 13.3 Å². The number of nitrogens with zero attached hydrogens (tertiary/aromatic N) is 2. The number of carbonyl (C=O) groups is 1. The van der Waals surface area contributed by atoms with E-state index in [2.05, 4.69) is 26.3 Å². The molecule has 0 aliphatic carbocycles. The van der Waals surface area contributed by atoms with Crippen LogP contribution in [0.25, 0.3) is 22.2 Å². The van der Waals surface area contributed by atoms with Gasteiger partial charge >= 0.3 is 6.03 Å². The Morgan fingerprint density at radius 1 is 1.28 bits per heavy atom. The zero-order valence-electron chi connectivity index (χ0n) is 14.7. The van der Waals surface area contributed by atoms with Crippen LogP contribution < -0.4 is 15.4 Å². The number of urea groups is 1. The number of nitrogens with one attached hydrogen (secondary N) is 2. The molecule has 2 heterocycles. The Kier molecular flexibility index (Phi) is 4.88. The molecule has 0 spiro atoms. The molecule has 0 bridgehead atoms. The summed E-state index contributed by atoms with van der Waals surface area (Å²) in [6.07, 6.45) is 2.66. The van der Waals surface area contributed by atoms with Gasteiger partial charge < -0.3 is 14.6 Å². The second-order valence-corrected chi connectivity index (χ2v) is 5.80. The normalized spacial score (nSPS) is 10.7. The first-order valence-electron chi connectivity index (χ1n) is 8.27. The summed E-state index contributed by atoms with van der Waals surface area (Å²) in [6.45, 7) is 2.64. The molecule has 0 saturated carbocycles. The first kappa shape index (κ1) is 16.8. The smallest absolute Gasteiger partial charge is 0.320 e. The molecule has 0 radical (unpaired) electrons. The van der Waals surface area contributed by atoms with Crippen LogP contribution in [-0.4, -0.2) is 29.2 Å². The van der Waals surface area contributed by atoms with Gasteiger partial charge in [0.2, 0.25) is 0 Å². The third kappa shape index (κ3) is 3.42. The molecule has 6 heteroatoms. The minimum atomic E-state index is -0.241. The van der Waals surface area contributed by atoms with Crippen molar-refractivity contribution >= 4 is 22.8 Å². The first-order valence-corrected chi connectivity index (χ1v) is 8.27. The second-order valence-electron chi connectivity index (χ2n) is 5.80. The van der Waals surface area contributed by atoms with Gasteiger partial charge in [-0.25, -0.2) is 9.78 Å². The Morgan fingerprint density at radius 2 is 2.08 bits per heavy atom. The van der Waals surface area contributed by atoms with Crippen molar-refractivity contribution in [3.8, 4) is 17.0 Å². The fourth-order valence-corrected chi connectivity index (χ4v) is 2.82. The summed E-state index contributed by atoms with van der Waals surface area (Å²) < 4.78 is 7.54. The Hall–Kier alpha value is -3.02. The molecule has 0 aliphatic rings. The van der Waals surface area contributed by atoms with Crippen LogP contribution >= 0.6 is 0 Å². The molecular weight excluding hydrogens is 316 g/mol. The zero-order valence-corrected chi connectivity index (χ0v) is 14.7. The summed E-state index contributed by atoms with van der Waals surface area (Å²) in [5, 5.41) is 6.54. The number of pyridine rings is 1. The third-order valence-corrected chi connectivity index (χ3v) is 4.09. The second kappa shape index (κ2) is 7.25. The number of benzene rings is 1. The molecule has 0 atom stereocenters. The SMILES string of the molecule is CCCNC(=O)Nc1cc2cc(-c3ccccc3OC)n(C)c2cn1. The van der Waals surface area contributed by atoms with Crippen LogP contribution in [0.3, 0.4) is 0 Å². The fourth-order valence-electron chi connectivity index (χ4n) is 2.82. The highest BCUT2D eigenvalue weighted by molar-refractivity contribution is 5.93. The van der Waals surface area contributed by atoms with Gasteiger partial charge in [0.05, 0.1) is 24.5 Å². The van der Waals surface area contributed by atoms with E-state index in [9.17, 15) is 4.79 Å². The lowest BCUT2D eigenvalue weighted by Gasteiger charge is -2.09. The molecule has 6 nitrogen and oxygen atoms in total. The Bertz CT molecular complexity index is 902. The van der Waals surface area contributed by atoms with Crippen molar-refractivity contribution < 1.29 is 9.53 Å². The molecule has 0 unspecified atom stereocenters. The molecule has 0 saturated heterocycles. The quantitative estimate of drug-likeness (QED) is 0.744. The Balaban J connectivity index is 1.95. The van der Waals surface area contributed by atoms with Crippen LogP contribution in [-0.2, 0) is 7.05 Å². The van der Waals surface area contributed by atoms with Crippen molar-refractivity contribution in [3.63, 3.8) is 0 Å². The van der Waals surface area contributed by atoms with Crippen LogP contribution in [0, 0.1) is 0 Å². The van der Waals surface area contributed by atoms with Crippen LogP contribution in [0.1, 0.15) is 13.3 Å². The lowest BCUT2D eigenvalue weighted by atomic mass is 10.1. The van der Waals surface area contributed by atoms with Crippen molar-refractivity contribution in [3.05, 3.63) is 42.6 Å². The number of hydrogen-bond donors (Lipinski definition) is 2. The summed E-state index contributed by atoms with van der Waals surface area (Å²) in [7, 11) is 3.66. The van der Waals surface area contributed by atoms with E-state index in [4.69, 9.17) is 4.74 Å². The van der Waals surface area contributed by atoms with E-state index in [1.165, 1.54) is 0 Å². The van der Waals surface area contributed by atoms with E-state index in [-0.39, 0.29) is 6.03 Å². The Labute approximate surface area is 146 Å². The first-order chi connectivity index (χ1) is 12.1. The molecule has 0 fully saturated rings. The third-order valence-electron chi connectivity index (χ3n) is 4.09. The maximum absolute atomic E-state index is 11.8. The van der Waals surface area contributed by atoms with Crippen molar-refractivity contribution in [2.75, 3.05) is 19.0 Å². The van der Waals surface area contributed by atoms with E-state index in [1.807, 2.05) is 44.3 Å². The molecule has 25 heavy (non-hydrogen) atoms. The number of ether oxygens (including phenoxy) is 1. The van der Waals surface area contributed by atoms with Gasteiger partial charge in [0.1, 0.15) is 11.6 Å². The van der Waals surface area contributed by atoms with Gasteiger partial charge in [-0.1, -0.05) is 19.1 Å². The van der Waals surface area contributed by atoms with E-state index in [0.717, 1.165) is 34.3 Å². The van der Waals surface area contributed by atoms with Crippen LogP contribution in [0.4, 0.5) is 10.6 Å². The minimum Gasteiger partial charge on any atom is -0.496 e. The zero-order chi connectivity index (χ0) is 17.8. The highest BCUT2D eigenvalue weighted by Gasteiger charge is 2.13. The number of para-hydroxylation sites is 1. The maximum atomic E-state index is 11.8. The molecule has 1 aromatic carbocycles. The number of amides is 2. The predicted molar refractivity (Wildman–Crippen MR) is 100 cm³/mol. The Morgan fingerprint density at radius 3 is 2.84 bits per heavy atom. The van der Waals surface area contributed by atoms with Crippen molar-refractivity contribution in [1.82, 2.24) is 14.9 Å². The van der Waals surface area contributed by atoms with Gasteiger partial charge in [-0.2, -0.15) is 0 Å². The molecule has 2 aromatic heterocycles. The average Bonchev–Trinajstić information content (AvgIpc) is 2.96. The molecular formula is C19H22N4O2.